The van der Waals surface area contributed by atoms with Crippen LogP contribution in [-0.2, 0) is 11.3 Å². The lowest BCUT2D eigenvalue weighted by atomic mass is 10.1. The highest BCUT2D eigenvalue weighted by molar-refractivity contribution is 9.10. The molecular formula is C15H13BrFNO2. The van der Waals surface area contributed by atoms with Gasteiger partial charge in [0.2, 0.25) is 0 Å². The monoisotopic (exact) mass is 337 g/mol. The van der Waals surface area contributed by atoms with E-state index in [2.05, 4.69) is 21.2 Å². The topological polar surface area (TPSA) is 49.3 Å². The second-order valence-corrected chi connectivity index (χ2v) is 5.17. The van der Waals surface area contributed by atoms with Gasteiger partial charge in [-0.25, -0.2) is 4.39 Å². The van der Waals surface area contributed by atoms with Crippen molar-refractivity contribution in [3.05, 3.63) is 69.9 Å². The fraction of sp³-hybridized carbons (Fsp3) is 0.133. The van der Waals surface area contributed by atoms with Gasteiger partial charge in [0, 0.05) is 6.54 Å². The number of benzene rings is 2. The van der Waals surface area contributed by atoms with E-state index in [-0.39, 0.29) is 4.47 Å². The third-order valence-electron chi connectivity index (χ3n) is 2.88. The van der Waals surface area contributed by atoms with E-state index in [1.807, 2.05) is 30.3 Å². The quantitative estimate of drug-likeness (QED) is 0.877. The Morgan fingerprint density at radius 3 is 2.55 bits per heavy atom. The number of hydrogen-bond donors (Lipinski definition) is 2. The van der Waals surface area contributed by atoms with Crippen molar-refractivity contribution in [2.45, 2.75) is 12.6 Å². The Hall–Kier alpha value is -1.72. The number of halogens is 2. The van der Waals surface area contributed by atoms with E-state index in [9.17, 15) is 14.3 Å². The molecule has 0 saturated heterocycles. The third kappa shape index (κ3) is 3.65. The normalized spacial score (nSPS) is 12.1. The van der Waals surface area contributed by atoms with Gasteiger partial charge in [-0.2, -0.15) is 0 Å². The van der Waals surface area contributed by atoms with Crippen LogP contribution in [0.15, 0.2) is 53.0 Å². The largest absolute Gasteiger partial charge is 0.480 e. The maximum Gasteiger partial charge on any atom is 0.325 e. The molecule has 0 aromatic heterocycles. The zero-order valence-corrected chi connectivity index (χ0v) is 12.1. The molecule has 0 fully saturated rings. The zero-order valence-electron chi connectivity index (χ0n) is 10.5. The van der Waals surface area contributed by atoms with Gasteiger partial charge in [0.1, 0.15) is 11.9 Å². The molecule has 0 saturated carbocycles. The van der Waals surface area contributed by atoms with Crippen molar-refractivity contribution in [2.24, 2.45) is 0 Å². The molecule has 0 radical (unpaired) electrons. The second kappa shape index (κ2) is 6.63. The number of carboxylic acid groups (broad SMARTS) is 1. The summed E-state index contributed by atoms with van der Waals surface area (Å²) in [5.74, 6) is -1.42. The molecule has 2 rings (SSSR count). The number of nitrogens with one attached hydrogen (secondary N) is 1. The van der Waals surface area contributed by atoms with Gasteiger partial charge in [0.25, 0.3) is 0 Å². The van der Waals surface area contributed by atoms with Crippen LogP contribution < -0.4 is 5.32 Å². The van der Waals surface area contributed by atoms with Gasteiger partial charge in [0.15, 0.2) is 0 Å². The minimum Gasteiger partial charge on any atom is -0.480 e. The molecule has 0 amide bonds. The van der Waals surface area contributed by atoms with Gasteiger partial charge in [-0.05, 0) is 39.2 Å². The van der Waals surface area contributed by atoms with Crippen molar-refractivity contribution < 1.29 is 14.3 Å². The molecule has 104 valence electrons. The highest BCUT2D eigenvalue weighted by Crippen LogP contribution is 2.22. The van der Waals surface area contributed by atoms with Crippen LogP contribution >= 0.6 is 15.9 Å². The van der Waals surface area contributed by atoms with Crippen molar-refractivity contribution in [3.63, 3.8) is 0 Å². The molecule has 0 bridgehead atoms. The molecule has 0 aliphatic heterocycles. The first-order valence-corrected chi connectivity index (χ1v) is 6.82. The van der Waals surface area contributed by atoms with Crippen molar-refractivity contribution in [1.29, 1.82) is 0 Å². The van der Waals surface area contributed by atoms with E-state index in [0.717, 1.165) is 5.56 Å². The van der Waals surface area contributed by atoms with Crippen LogP contribution in [0.25, 0.3) is 0 Å². The predicted octanol–water partition coefficient (Wildman–Crippen LogP) is 3.50. The molecular weight excluding hydrogens is 325 g/mol. The molecule has 2 aromatic carbocycles. The van der Waals surface area contributed by atoms with E-state index < -0.39 is 17.8 Å². The molecule has 1 atom stereocenters. The number of carboxylic acids is 1. The molecule has 0 spiro atoms. The number of aliphatic carboxylic acids is 1. The van der Waals surface area contributed by atoms with Gasteiger partial charge in [-0.3, -0.25) is 10.1 Å². The van der Waals surface area contributed by atoms with E-state index in [4.69, 9.17) is 0 Å². The van der Waals surface area contributed by atoms with Crippen molar-refractivity contribution in [3.8, 4) is 0 Å². The molecule has 5 heteroatoms. The van der Waals surface area contributed by atoms with Crippen LogP contribution in [0.4, 0.5) is 4.39 Å². The molecule has 0 aliphatic carbocycles. The Labute approximate surface area is 124 Å². The zero-order chi connectivity index (χ0) is 14.5. The summed E-state index contributed by atoms with van der Waals surface area (Å²) in [4.78, 5) is 11.3. The summed E-state index contributed by atoms with van der Waals surface area (Å²) in [6.07, 6.45) is 0. The highest BCUT2D eigenvalue weighted by atomic mass is 79.9. The Kier molecular flexibility index (Phi) is 4.87. The average Bonchev–Trinajstić information content (AvgIpc) is 2.43. The summed E-state index contributed by atoms with van der Waals surface area (Å²) in [6.45, 7) is 0.423. The predicted molar refractivity (Wildman–Crippen MR) is 77.8 cm³/mol. The molecule has 1 unspecified atom stereocenters. The van der Waals surface area contributed by atoms with Crippen LogP contribution in [-0.4, -0.2) is 11.1 Å². The number of hydrogen-bond acceptors (Lipinski definition) is 2. The fourth-order valence-corrected chi connectivity index (χ4v) is 2.25. The van der Waals surface area contributed by atoms with Gasteiger partial charge in [0.05, 0.1) is 4.47 Å². The summed E-state index contributed by atoms with van der Waals surface area (Å²) < 4.78 is 13.5. The van der Waals surface area contributed by atoms with E-state index >= 15 is 0 Å². The van der Waals surface area contributed by atoms with Crippen LogP contribution in [0.5, 0.6) is 0 Å². The first-order chi connectivity index (χ1) is 9.58. The first kappa shape index (κ1) is 14.7. The molecule has 0 heterocycles. The number of rotatable bonds is 5. The van der Waals surface area contributed by atoms with Gasteiger partial charge in [-0.1, -0.05) is 36.4 Å². The first-order valence-electron chi connectivity index (χ1n) is 6.03. The summed E-state index contributed by atoms with van der Waals surface area (Å²) in [6, 6.07) is 12.8. The van der Waals surface area contributed by atoms with Gasteiger partial charge in [-0.15, -0.1) is 0 Å². The lowest BCUT2D eigenvalue weighted by molar-refractivity contribution is -0.139. The van der Waals surface area contributed by atoms with E-state index in [1.54, 1.807) is 0 Å². The van der Waals surface area contributed by atoms with Gasteiger partial charge < -0.3 is 5.11 Å². The van der Waals surface area contributed by atoms with Crippen LogP contribution in [0, 0.1) is 5.82 Å². The summed E-state index contributed by atoms with van der Waals surface area (Å²) in [7, 11) is 0. The molecule has 20 heavy (non-hydrogen) atoms. The maximum absolute atomic E-state index is 13.2. The van der Waals surface area contributed by atoms with E-state index in [0.29, 0.717) is 12.1 Å². The lowest BCUT2D eigenvalue weighted by Gasteiger charge is -2.15. The Morgan fingerprint density at radius 1 is 1.25 bits per heavy atom. The highest BCUT2D eigenvalue weighted by Gasteiger charge is 2.20. The Bertz CT molecular complexity index is 604. The van der Waals surface area contributed by atoms with Crippen LogP contribution in [0.3, 0.4) is 0 Å². The van der Waals surface area contributed by atoms with Crippen molar-refractivity contribution >= 4 is 21.9 Å². The maximum atomic E-state index is 13.2. The minimum absolute atomic E-state index is 0.253. The summed E-state index contributed by atoms with van der Waals surface area (Å²) >= 11 is 3.06. The molecule has 2 aromatic rings. The van der Waals surface area contributed by atoms with Gasteiger partial charge >= 0.3 is 5.97 Å². The van der Waals surface area contributed by atoms with Crippen molar-refractivity contribution in [2.75, 3.05) is 0 Å². The Balaban J connectivity index is 2.15. The lowest BCUT2D eigenvalue weighted by Crippen LogP contribution is -2.28. The standard InChI is InChI=1S/C15H13BrFNO2/c16-12-8-11(6-7-13(12)17)14(15(19)20)18-9-10-4-2-1-3-5-10/h1-8,14,18H,9H2,(H,19,20). The molecule has 2 N–H and O–H groups in total. The third-order valence-corrected chi connectivity index (χ3v) is 3.48. The van der Waals surface area contributed by atoms with Crippen molar-refractivity contribution in [1.82, 2.24) is 5.32 Å². The Morgan fingerprint density at radius 2 is 1.95 bits per heavy atom. The average molecular weight is 338 g/mol. The summed E-state index contributed by atoms with van der Waals surface area (Å²) in [5.41, 5.74) is 1.49. The second-order valence-electron chi connectivity index (χ2n) is 4.31. The SMILES string of the molecule is O=C(O)C(NCc1ccccc1)c1ccc(F)c(Br)c1. The summed E-state index contributed by atoms with van der Waals surface area (Å²) in [5, 5.41) is 12.2. The molecule has 3 nitrogen and oxygen atoms in total. The fourth-order valence-electron chi connectivity index (χ4n) is 1.86. The van der Waals surface area contributed by atoms with Crippen LogP contribution in [0.2, 0.25) is 0 Å². The van der Waals surface area contributed by atoms with E-state index in [1.165, 1.54) is 18.2 Å². The molecule has 0 aliphatic rings. The number of carbonyl (C=O) groups is 1. The van der Waals surface area contributed by atoms with Crippen LogP contribution in [0.1, 0.15) is 17.2 Å². The minimum atomic E-state index is -1.00. The smallest absolute Gasteiger partial charge is 0.325 e.